The Labute approximate surface area is 73.7 Å². The van der Waals surface area contributed by atoms with E-state index in [9.17, 15) is 4.79 Å². The summed E-state index contributed by atoms with van der Waals surface area (Å²) < 4.78 is 0. The third kappa shape index (κ3) is 2.48. The van der Waals surface area contributed by atoms with Gasteiger partial charge in [-0.15, -0.1) is 0 Å². The van der Waals surface area contributed by atoms with Gasteiger partial charge in [0.05, 0.1) is 0 Å². The first-order valence-corrected chi connectivity index (χ1v) is 4.65. The molecule has 0 spiro atoms. The molecule has 12 heavy (non-hydrogen) atoms. The van der Waals surface area contributed by atoms with Gasteiger partial charge in [0.25, 0.3) is 0 Å². The molecule has 0 saturated heterocycles. The van der Waals surface area contributed by atoms with Crippen molar-refractivity contribution in [2.75, 3.05) is 6.54 Å². The Morgan fingerprint density at radius 2 is 2.33 bits per heavy atom. The fraction of sp³-hybridized carbons (Fsp3) is 0.889. The van der Waals surface area contributed by atoms with Crippen LogP contribution in [0.25, 0.3) is 0 Å². The van der Waals surface area contributed by atoms with Crippen molar-refractivity contribution >= 4 is 5.91 Å². The van der Waals surface area contributed by atoms with Crippen molar-refractivity contribution in [2.24, 2.45) is 17.6 Å². The van der Waals surface area contributed by atoms with Crippen molar-refractivity contribution in [3.05, 3.63) is 0 Å². The van der Waals surface area contributed by atoms with Crippen LogP contribution < -0.4 is 11.1 Å². The molecule has 0 aromatic carbocycles. The van der Waals surface area contributed by atoms with E-state index in [2.05, 4.69) is 12.2 Å². The number of rotatable bonds is 4. The Morgan fingerprint density at radius 3 is 2.75 bits per heavy atom. The van der Waals surface area contributed by atoms with Crippen molar-refractivity contribution in [1.29, 1.82) is 0 Å². The minimum Gasteiger partial charge on any atom is -0.353 e. The summed E-state index contributed by atoms with van der Waals surface area (Å²) in [5, 5.41) is 2.95. The molecule has 1 amide bonds. The van der Waals surface area contributed by atoms with Gasteiger partial charge in [-0.3, -0.25) is 4.79 Å². The second kappa shape index (κ2) is 3.90. The molecule has 1 aliphatic rings. The summed E-state index contributed by atoms with van der Waals surface area (Å²) in [5.41, 5.74) is 5.37. The van der Waals surface area contributed by atoms with Crippen LogP contribution in [0.3, 0.4) is 0 Å². The first-order valence-electron chi connectivity index (χ1n) is 4.65. The van der Waals surface area contributed by atoms with E-state index in [-0.39, 0.29) is 17.9 Å². The largest absolute Gasteiger partial charge is 0.353 e. The molecule has 0 aromatic heterocycles. The molecule has 3 nitrogen and oxygen atoms in total. The molecule has 1 aliphatic carbocycles. The lowest BCUT2D eigenvalue weighted by Crippen LogP contribution is -2.35. The number of amides is 1. The fourth-order valence-corrected chi connectivity index (χ4v) is 1.36. The molecule has 3 heteroatoms. The quantitative estimate of drug-likeness (QED) is 0.645. The van der Waals surface area contributed by atoms with Gasteiger partial charge < -0.3 is 11.1 Å². The summed E-state index contributed by atoms with van der Waals surface area (Å²) in [6.07, 6.45) is 1.92. The Balaban J connectivity index is 2.17. The van der Waals surface area contributed by atoms with E-state index in [0.717, 1.165) is 12.8 Å². The summed E-state index contributed by atoms with van der Waals surface area (Å²) in [6, 6.07) is 0.232. The molecule has 3 unspecified atom stereocenters. The minimum atomic E-state index is 0.212. The first kappa shape index (κ1) is 9.52. The molecule has 1 fully saturated rings. The predicted molar refractivity (Wildman–Crippen MR) is 48.5 cm³/mol. The number of hydrogen-bond donors (Lipinski definition) is 2. The van der Waals surface area contributed by atoms with Crippen LogP contribution in [-0.4, -0.2) is 18.5 Å². The van der Waals surface area contributed by atoms with Crippen molar-refractivity contribution in [2.45, 2.75) is 32.7 Å². The highest BCUT2D eigenvalue weighted by molar-refractivity contribution is 5.81. The zero-order chi connectivity index (χ0) is 9.14. The standard InChI is InChI=1S/C9H18N2O/c1-6-5-8(6)9(12)11-7(2)3-4-10/h6-8H,3-5,10H2,1-2H3,(H,11,12). The van der Waals surface area contributed by atoms with Gasteiger partial charge in [0.15, 0.2) is 0 Å². The van der Waals surface area contributed by atoms with Crippen molar-refractivity contribution in [1.82, 2.24) is 5.32 Å². The molecular weight excluding hydrogens is 152 g/mol. The van der Waals surface area contributed by atoms with Crippen LogP contribution in [0.2, 0.25) is 0 Å². The Hall–Kier alpha value is -0.570. The number of nitrogens with two attached hydrogens (primary N) is 1. The third-order valence-electron chi connectivity index (χ3n) is 2.43. The second-order valence-corrected chi connectivity index (χ2v) is 3.81. The van der Waals surface area contributed by atoms with Gasteiger partial charge in [-0.25, -0.2) is 0 Å². The highest BCUT2D eigenvalue weighted by atomic mass is 16.2. The fourth-order valence-electron chi connectivity index (χ4n) is 1.36. The predicted octanol–water partition coefficient (Wildman–Crippen LogP) is 0.496. The zero-order valence-electron chi connectivity index (χ0n) is 7.84. The molecule has 0 bridgehead atoms. The summed E-state index contributed by atoms with van der Waals surface area (Å²) in [6.45, 7) is 4.75. The first-order chi connectivity index (χ1) is 5.65. The number of nitrogens with one attached hydrogen (secondary N) is 1. The smallest absolute Gasteiger partial charge is 0.223 e. The maximum Gasteiger partial charge on any atom is 0.223 e. The van der Waals surface area contributed by atoms with Gasteiger partial charge in [-0.2, -0.15) is 0 Å². The average molecular weight is 170 g/mol. The van der Waals surface area contributed by atoms with Crippen LogP contribution in [0, 0.1) is 11.8 Å². The summed E-state index contributed by atoms with van der Waals surface area (Å²) in [5.74, 6) is 1.09. The molecule has 3 atom stereocenters. The van der Waals surface area contributed by atoms with Crippen LogP contribution in [0.5, 0.6) is 0 Å². The van der Waals surface area contributed by atoms with E-state index in [4.69, 9.17) is 5.73 Å². The Kier molecular flexibility index (Phi) is 3.09. The van der Waals surface area contributed by atoms with Crippen molar-refractivity contribution < 1.29 is 4.79 Å². The Morgan fingerprint density at radius 1 is 1.75 bits per heavy atom. The van der Waals surface area contributed by atoms with Crippen molar-refractivity contribution in [3.8, 4) is 0 Å². The van der Waals surface area contributed by atoms with Crippen LogP contribution >= 0.6 is 0 Å². The molecule has 1 saturated carbocycles. The lowest BCUT2D eigenvalue weighted by atomic mass is 10.2. The van der Waals surface area contributed by atoms with Gasteiger partial charge in [0.1, 0.15) is 0 Å². The average Bonchev–Trinajstić information content (AvgIpc) is 2.67. The van der Waals surface area contributed by atoms with Crippen LogP contribution in [0.1, 0.15) is 26.7 Å². The highest BCUT2D eigenvalue weighted by Gasteiger charge is 2.39. The van der Waals surface area contributed by atoms with Gasteiger partial charge in [0, 0.05) is 12.0 Å². The number of carbonyl (C=O) groups is 1. The van der Waals surface area contributed by atoms with Gasteiger partial charge in [0.2, 0.25) is 5.91 Å². The summed E-state index contributed by atoms with van der Waals surface area (Å²) in [7, 11) is 0. The van der Waals surface area contributed by atoms with E-state index in [1.54, 1.807) is 0 Å². The lowest BCUT2D eigenvalue weighted by molar-refractivity contribution is -0.123. The van der Waals surface area contributed by atoms with Gasteiger partial charge >= 0.3 is 0 Å². The third-order valence-corrected chi connectivity index (χ3v) is 2.43. The van der Waals surface area contributed by atoms with Gasteiger partial charge in [-0.1, -0.05) is 6.92 Å². The zero-order valence-corrected chi connectivity index (χ0v) is 7.84. The monoisotopic (exact) mass is 170 g/mol. The van der Waals surface area contributed by atoms with E-state index in [1.807, 2.05) is 6.92 Å². The molecule has 1 rings (SSSR count). The summed E-state index contributed by atoms with van der Waals surface area (Å²) in [4.78, 5) is 11.3. The maximum atomic E-state index is 11.3. The lowest BCUT2D eigenvalue weighted by Gasteiger charge is -2.11. The normalized spacial score (nSPS) is 29.6. The topological polar surface area (TPSA) is 55.1 Å². The second-order valence-electron chi connectivity index (χ2n) is 3.81. The summed E-state index contributed by atoms with van der Waals surface area (Å²) >= 11 is 0. The van der Waals surface area contributed by atoms with Gasteiger partial charge in [-0.05, 0) is 32.2 Å². The van der Waals surface area contributed by atoms with Crippen LogP contribution in [0.15, 0.2) is 0 Å². The van der Waals surface area contributed by atoms with E-state index < -0.39 is 0 Å². The van der Waals surface area contributed by atoms with Crippen LogP contribution in [0.4, 0.5) is 0 Å². The SMILES string of the molecule is CC(CCN)NC(=O)C1CC1C. The number of hydrogen-bond acceptors (Lipinski definition) is 2. The molecule has 70 valence electrons. The van der Waals surface area contributed by atoms with E-state index in [1.165, 1.54) is 0 Å². The molecule has 0 aliphatic heterocycles. The molecule has 3 N–H and O–H groups in total. The molecular formula is C9H18N2O. The van der Waals surface area contributed by atoms with Crippen LogP contribution in [-0.2, 0) is 4.79 Å². The molecule has 0 heterocycles. The minimum absolute atomic E-state index is 0.212. The highest BCUT2D eigenvalue weighted by Crippen LogP contribution is 2.37. The van der Waals surface area contributed by atoms with E-state index >= 15 is 0 Å². The number of carbonyl (C=O) groups excluding carboxylic acids is 1. The van der Waals surface area contributed by atoms with Crippen molar-refractivity contribution in [3.63, 3.8) is 0 Å². The Bertz CT molecular complexity index is 170. The molecule has 0 radical (unpaired) electrons. The molecule has 0 aromatic rings. The maximum absolute atomic E-state index is 11.3. The van der Waals surface area contributed by atoms with E-state index in [0.29, 0.717) is 12.5 Å².